The van der Waals surface area contributed by atoms with Crippen LogP contribution in [0.25, 0.3) is 22.4 Å². The summed E-state index contributed by atoms with van der Waals surface area (Å²) in [7, 11) is -4.64. The first-order chi connectivity index (χ1) is 12.9. The molecule has 3 rings (SSSR count). The second-order valence-corrected chi connectivity index (χ2v) is 7.35. The molecule has 0 saturated carbocycles. The number of nitrogens with zero attached hydrogens (tertiary/aromatic N) is 1. The fraction of sp³-hybridized carbons (Fsp3) is 0.118. The zero-order valence-corrected chi connectivity index (χ0v) is 14.8. The average Bonchev–Trinajstić information content (AvgIpc) is 2.93. The number of aryl methyl sites for hydroxylation is 1. The Morgan fingerprint density at radius 2 is 1.54 bits per heavy atom. The van der Waals surface area contributed by atoms with Gasteiger partial charge in [-0.1, -0.05) is 17.3 Å². The van der Waals surface area contributed by atoms with Crippen LogP contribution < -0.4 is 5.14 Å². The lowest BCUT2D eigenvalue weighted by atomic mass is 9.98. The summed E-state index contributed by atoms with van der Waals surface area (Å²) in [4.78, 5) is -1.29. The molecule has 0 aliphatic heterocycles. The summed E-state index contributed by atoms with van der Waals surface area (Å²) in [6.07, 6.45) is -4.53. The van der Waals surface area contributed by atoms with E-state index in [-0.39, 0.29) is 28.1 Å². The molecular formula is C17H11F5N2O3S. The second-order valence-electron chi connectivity index (χ2n) is 5.85. The van der Waals surface area contributed by atoms with Gasteiger partial charge in [0.2, 0.25) is 10.0 Å². The standard InChI is InChI=1S/C17H11F5N2O3S/c1-8-14(10-6-12(18)16(13(19)7-10)28(23,25)26)15(24-27-8)9-2-4-11(5-3-9)17(20,21)22/h2-7H,1H3,(H2,23,25,26). The van der Waals surface area contributed by atoms with Crippen LogP contribution in [0.4, 0.5) is 22.0 Å². The molecule has 0 radical (unpaired) electrons. The number of alkyl halides is 3. The highest BCUT2D eigenvalue weighted by molar-refractivity contribution is 7.89. The fourth-order valence-corrected chi connectivity index (χ4v) is 3.36. The molecule has 0 spiro atoms. The largest absolute Gasteiger partial charge is 0.416 e. The number of aromatic nitrogens is 1. The molecule has 28 heavy (non-hydrogen) atoms. The molecule has 0 fully saturated rings. The molecule has 148 valence electrons. The van der Waals surface area contributed by atoms with Crippen LogP contribution in [0.15, 0.2) is 45.8 Å². The predicted octanol–water partition coefficient (Wildman–Crippen LogP) is 4.26. The van der Waals surface area contributed by atoms with E-state index >= 15 is 0 Å². The monoisotopic (exact) mass is 418 g/mol. The van der Waals surface area contributed by atoms with Gasteiger partial charge in [-0.25, -0.2) is 22.3 Å². The van der Waals surface area contributed by atoms with Crippen molar-refractivity contribution in [2.45, 2.75) is 18.0 Å². The summed E-state index contributed by atoms with van der Waals surface area (Å²) in [5.74, 6) is -2.72. The quantitative estimate of drug-likeness (QED) is 0.644. The summed E-state index contributed by atoms with van der Waals surface area (Å²) >= 11 is 0. The topological polar surface area (TPSA) is 86.2 Å². The summed E-state index contributed by atoms with van der Waals surface area (Å²) < 4.78 is 94.1. The van der Waals surface area contributed by atoms with Crippen molar-refractivity contribution in [3.63, 3.8) is 0 Å². The molecule has 11 heteroatoms. The van der Waals surface area contributed by atoms with E-state index < -0.39 is 38.3 Å². The third-order valence-electron chi connectivity index (χ3n) is 3.92. The molecule has 0 aliphatic rings. The molecule has 0 saturated heterocycles. The Morgan fingerprint density at radius 1 is 1.00 bits per heavy atom. The van der Waals surface area contributed by atoms with Crippen molar-refractivity contribution in [1.82, 2.24) is 5.16 Å². The molecule has 2 aromatic carbocycles. The Hall–Kier alpha value is -2.79. The van der Waals surface area contributed by atoms with Gasteiger partial charge < -0.3 is 4.52 Å². The number of benzene rings is 2. The van der Waals surface area contributed by atoms with E-state index in [1.807, 2.05) is 0 Å². The highest BCUT2D eigenvalue weighted by Gasteiger charge is 2.30. The van der Waals surface area contributed by atoms with Crippen molar-refractivity contribution < 1.29 is 34.9 Å². The third-order valence-corrected chi connectivity index (χ3v) is 4.88. The van der Waals surface area contributed by atoms with Crippen molar-refractivity contribution in [1.29, 1.82) is 0 Å². The minimum atomic E-state index is -4.64. The molecule has 0 bridgehead atoms. The number of nitrogens with two attached hydrogens (primary N) is 1. The normalized spacial score (nSPS) is 12.4. The van der Waals surface area contributed by atoms with Crippen LogP contribution in [0, 0.1) is 18.6 Å². The Morgan fingerprint density at radius 3 is 2.00 bits per heavy atom. The van der Waals surface area contributed by atoms with Crippen LogP contribution in [0.2, 0.25) is 0 Å². The van der Waals surface area contributed by atoms with E-state index in [1.165, 1.54) is 6.92 Å². The molecule has 1 heterocycles. The number of primary sulfonamides is 1. The maximum Gasteiger partial charge on any atom is 0.416 e. The molecular weight excluding hydrogens is 407 g/mol. The Bertz CT molecular complexity index is 1130. The predicted molar refractivity (Wildman–Crippen MR) is 88.4 cm³/mol. The van der Waals surface area contributed by atoms with Gasteiger partial charge in [-0.15, -0.1) is 0 Å². The second kappa shape index (κ2) is 6.67. The maximum atomic E-state index is 14.2. The Labute approximate surface area is 155 Å². The van der Waals surface area contributed by atoms with Gasteiger partial charge in [-0.05, 0) is 36.8 Å². The van der Waals surface area contributed by atoms with Crippen molar-refractivity contribution in [3.05, 3.63) is 59.4 Å². The molecule has 1 aromatic heterocycles. The van der Waals surface area contributed by atoms with E-state index in [2.05, 4.69) is 5.16 Å². The smallest absolute Gasteiger partial charge is 0.360 e. The molecule has 2 N–H and O–H groups in total. The zero-order valence-electron chi connectivity index (χ0n) is 14.0. The molecule has 0 unspecified atom stereocenters. The number of hydrogen-bond acceptors (Lipinski definition) is 4. The van der Waals surface area contributed by atoms with Gasteiger partial charge in [-0.3, -0.25) is 0 Å². The van der Waals surface area contributed by atoms with Crippen LogP contribution in [0.1, 0.15) is 11.3 Å². The fourth-order valence-electron chi connectivity index (χ4n) is 2.70. The number of hydrogen-bond donors (Lipinski definition) is 1. The van der Waals surface area contributed by atoms with Gasteiger partial charge >= 0.3 is 6.18 Å². The molecule has 0 amide bonds. The first-order valence-electron chi connectivity index (χ1n) is 7.55. The average molecular weight is 418 g/mol. The summed E-state index contributed by atoms with van der Waals surface area (Å²) in [6.45, 7) is 1.43. The van der Waals surface area contributed by atoms with E-state index in [0.717, 1.165) is 36.4 Å². The lowest BCUT2D eigenvalue weighted by Gasteiger charge is -2.09. The van der Waals surface area contributed by atoms with E-state index in [9.17, 15) is 30.4 Å². The van der Waals surface area contributed by atoms with Gasteiger partial charge in [0.05, 0.1) is 11.1 Å². The van der Waals surface area contributed by atoms with E-state index in [4.69, 9.17) is 9.66 Å². The Balaban J connectivity index is 2.15. The molecule has 0 aliphatic carbocycles. The first-order valence-corrected chi connectivity index (χ1v) is 9.10. The molecule has 5 nitrogen and oxygen atoms in total. The van der Waals surface area contributed by atoms with Crippen molar-refractivity contribution in [3.8, 4) is 22.4 Å². The van der Waals surface area contributed by atoms with Crippen LogP contribution >= 0.6 is 0 Å². The maximum absolute atomic E-state index is 14.2. The molecule has 0 atom stereocenters. The third kappa shape index (κ3) is 3.62. The van der Waals surface area contributed by atoms with Crippen LogP contribution in [-0.4, -0.2) is 13.6 Å². The van der Waals surface area contributed by atoms with Crippen LogP contribution in [-0.2, 0) is 16.2 Å². The van der Waals surface area contributed by atoms with Gasteiger partial charge in [0.1, 0.15) is 23.1 Å². The minimum absolute atomic E-state index is 0.0355. The summed E-state index contributed by atoms with van der Waals surface area (Å²) in [5, 5.41) is 8.54. The highest BCUT2D eigenvalue weighted by atomic mass is 32.2. The number of rotatable bonds is 3. The molecule has 3 aromatic rings. The number of halogens is 5. The van der Waals surface area contributed by atoms with Gasteiger partial charge in [0.15, 0.2) is 4.90 Å². The SMILES string of the molecule is Cc1onc(-c2ccc(C(F)(F)F)cc2)c1-c1cc(F)c(S(N)(=O)=O)c(F)c1. The van der Waals surface area contributed by atoms with Crippen LogP contribution in [0.5, 0.6) is 0 Å². The summed E-state index contributed by atoms with van der Waals surface area (Å²) in [6, 6.07) is 5.39. The number of sulfonamides is 1. The van der Waals surface area contributed by atoms with E-state index in [0.29, 0.717) is 0 Å². The lowest BCUT2D eigenvalue weighted by Crippen LogP contribution is -2.16. The van der Waals surface area contributed by atoms with E-state index in [1.54, 1.807) is 0 Å². The first kappa shape index (κ1) is 20.0. The van der Waals surface area contributed by atoms with Gasteiger partial charge in [0, 0.05) is 5.56 Å². The van der Waals surface area contributed by atoms with Crippen LogP contribution in [0.3, 0.4) is 0 Å². The lowest BCUT2D eigenvalue weighted by molar-refractivity contribution is -0.137. The summed E-state index contributed by atoms with van der Waals surface area (Å²) in [5.41, 5.74) is -0.660. The van der Waals surface area contributed by atoms with Crippen molar-refractivity contribution in [2.24, 2.45) is 5.14 Å². The Kier molecular flexibility index (Phi) is 4.76. The van der Waals surface area contributed by atoms with Gasteiger partial charge in [0.25, 0.3) is 0 Å². The van der Waals surface area contributed by atoms with Crippen molar-refractivity contribution >= 4 is 10.0 Å². The highest BCUT2D eigenvalue weighted by Crippen LogP contribution is 2.37. The zero-order chi connectivity index (χ0) is 20.9. The van der Waals surface area contributed by atoms with Gasteiger partial charge in [-0.2, -0.15) is 13.2 Å². The van der Waals surface area contributed by atoms with Crippen molar-refractivity contribution in [2.75, 3.05) is 0 Å². The minimum Gasteiger partial charge on any atom is -0.360 e.